The first-order valence-corrected chi connectivity index (χ1v) is 6.30. The van der Waals surface area contributed by atoms with Crippen molar-refractivity contribution in [3.63, 3.8) is 0 Å². The van der Waals surface area contributed by atoms with E-state index in [1.165, 1.54) is 6.07 Å². The van der Waals surface area contributed by atoms with Gasteiger partial charge in [0, 0.05) is 17.1 Å². The van der Waals surface area contributed by atoms with Crippen LogP contribution in [0.2, 0.25) is 0 Å². The number of carboxylic acids is 1. The Morgan fingerprint density at radius 3 is 2.53 bits per heavy atom. The van der Waals surface area contributed by atoms with E-state index in [0.717, 1.165) is 5.52 Å². The fourth-order valence-corrected chi connectivity index (χ4v) is 2.36. The van der Waals surface area contributed by atoms with Crippen molar-refractivity contribution in [2.24, 2.45) is 0 Å². The van der Waals surface area contributed by atoms with Gasteiger partial charge in [-0.15, -0.1) is 0 Å². The van der Waals surface area contributed by atoms with Gasteiger partial charge in [0.2, 0.25) is 0 Å². The third-order valence-electron chi connectivity index (χ3n) is 3.52. The topological polar surface area (TPSA) is 42.2 Å². The number of carboxylic acid groups (broad SMARTS) is 1. The van der Waals surface area contributed by atoms with E-state index in [9.17, 15) is 14.3 Å². The standard InChI is InChI=1S/C15H18FNO2/c1-9(2)17-12-7-5-6-11(16)10(12)8-13(17)15(3,4)14(18)19/h5-9H,1-4H3,(H,18,19). The minimum Gasteiger partial charge on any atom is -0.481 e. The smallest absolute Gasteiger partial charge is 0.315 e. The predicted molar refractivity (Wildman–Crippen MR) is 72.9 cm³/mol. The van der Waals surface area contributed by atoms with Crippen molar-refractivity contribution in [2.75, 3.05) is 0 Å². The number of hydrogen-bond acceptors (Lipinski definition) is 1. The molecule has 1 aromatic heterocycles. The summed E-state index contributed by atoms with van der Waals surface area (Å²) in [5.74, 6) is -1.24. The Morgan fingerprint density at radius 1 is 1.37 bits per heavy atom. The minimum atomic E-state index is -1.06. The van der Waals surface area contributed by atoms with E-state index in [1.807, 2.05) is 24.5 Å². The fourth-order valence-electron chi connectivity index (χ4n) is 2.36. The van der Waals surface area contributed by atoms with Crippen LogP contribution in [0.1, 0.15) is 39.4 Å². The number of nitrogens with zero attached hydrogens (tertiary/aromatic N) is 1. The quantitative estimate of drug-likeness (QED) is 0.917. The lowest BCUT2D eigenvalue weighted by molar-refractivity contribution is -0.142. The van der Waals surface area contributed by atoms with E-state index in [4.69, 9.17) is 0 Å². The molecule has 4 heteroatoms. The summed E-state index contributed by atoms with van der Waals surface area (Å²) < 4.78 is 15.8. The zero-order valence-corrected chi connectivity index (χ0v) is 11.6. The van der Waals surface area contributed by atoms with Gasteiger partial charge in [-0.25, -0.2) is 4.39 Å². The summed E-state index contributed by atoms with van der Waals surface area (Å²) in [7, 11) is 0. The van der Waals surface area contributed by atoms with Crippen LogP contribution < -0.4 is 0 Å². The monoisotopic (exact) mass is 263 g/mol. The Balaban J connectivity index is 2.85. The maximum atomic E-state index is 13.9. The van der Waals surface area contributed by atoms with Gasteiger partial charge in [0.05, 0.1) is 5.52 Å². The molecule has 19 heavy (non-hydrogen) atoms. The van der Waals surface area contributed by atoms with Crippen molar-refractivity contribution in [3.05, 3.63) is 35.8 Å². The van der Waals surface area contributed by atoms with Gasteiger partial charge in [0.15, 0.2) is 0 Å². The lowest BCUT2D eigenvalue weighted by Gasteiger charge is -2.24. The van der Waals surface area contributed by atoms with Gasteiger partial charge >= 0.3 is 5.97 Å². The first-order chi connectivity index (χ1) is 8.76. The number of benzene rings is 1. The van der Waals surface area contributed by atoms with Crippen LogP contribution >= 0.6 is 0 Å². The molecule has 1 aromatic carbocycles. The van der Waals surface area contributed by atoms with Gasteiger partial charge in [-0.1, -0.05) is 6.07 Å². The summed E-state index contributed by atoms with van der Waals surface area (Å²) in [5.41, 5.74) is 0.296. The number of rotatable bonds is 3. The lowest BCUT2D eigenvalue weighted by atomic mass is 9.89. The van der Waals surface area contributed by atoms with Crippen molar-refractivity contribution in [3.8, 4) is 0 Å². The summed E-state index contributed by atoms with van der Waals surface area (Å²) in [6, 6.07) is 6.57. The second-order valence-electron chi connectivity index (χ2n) is 5.60. The first kappa shape index (κ1) is 13.6. The van der Waals surface area contributed by atoms with E-state index in [-0.39, 0.29) is 11.9 Å². The molecule has 1 heterocycles. The number of aliphatic carboxylic acids is 1. The molecule has 0 amide bonds. The molecular weight excluding hydrogens is 245 g/mol. The number of carbonyl (C=O) groups is 1. The van der Waals surface area contributed by atoms with Gasteiger partial charge in [-0.2, -0.15) is 0 Å². The van der Waals surface area contributed by atoms with Crippen molar-refractivity contribution in [1.29, 1.82) is 0 Å². The van der Waals surface area contributed by atoms with E-state index in [2.05, 4.69) is 0 Å². The molecule has 0 aliphatic rings. The normalized spacial score (nSPS) is 12.3. The largest absolute Gasteiger partial charge is 0.481 e. The molecule has 0 unspecified atom stereocenters. The molecule has 0 radical (unpaired) electrons. The summed E-state index contributed by atoms with van der Waals surface area (Å²) >= 11 is 0. The predicted octanol–water partition coefficient (Wildman–Crippen LogP) is 3.72. The van der Waals surface area contributed by atoms with E-state index < -0.39 is 11.4 Å². The molecule has 2 rings (SSSR count). The zero-order chi connectivity index (χ0) is 14.4. The van der Waals surface area contributed by atoms with Crippen LogP contribution in [0.15, 0.2) is 24.3 Å². The van der Waals surface area contributed by atoms with Gasteiger partial charge in [0.1, 0.15) is 11.2 Å². The molecule has 0 saturated heterocycles. The molecule has 102 valence electrons. The third-order valence-corrected chi connectivity index (χ3v) is 3.52. The Labute approximate surface area is 111 Å². The van der Waals surface area contributed by atoms with Crippen LogP contribution in [0.4, 0.5) is 4.39 Å². The highest BCUT2D eigenvalue weighted by atomic mass is 19.1. The van der Waals surface area contributed by atoms with E-state index >= 15 is 0 Å². The highest BCUT2D eigenvalue weighted by Gasteiger charge is 2.34. The van der Waals surface area contributed by atoms with E-state index in [1.54, 1.807) is 26.0 Å². The molecule has 0 aliphatic carbocycles. The first-order valence-electron chi connectivity index (χ1n) is 6.30. The second kappa shape index (κ2) is 4.37. The van der Waals surface area contributed by atoms with Gasteiger partial charge in [0.25, 0.3) is 0 Å². The SMILES string of the molecule is CC(C)n1c(C(C)(C)C(=O)O)cc2c(F)cccc21. The van der Waals surface area contributed by atoms with Gasteiger partial charge in [-0.05, 0) is 45.9 Å². The molecule has 0 saturated carbocycles. The summed E-state index contributed by atoms with van der Waals surface area (Å²) in [4.78, 5) is 11.5. The van der Waals surface area contributed by atoms with Crippen molar-refractivity contribution >= 4 is 16.9 Å². The molecule has 0 atom stereocenters. The molecule has 1 N–H and O–H groups in total. The fraction of sp³-hybridized carbons (Fsp3) is 0.400. The Hall–Kier alpha value is -1.84. The molecule has 0 aliphatic heterocycles. The maximum Gasteiger partial charge on any atom is 0.315 e. The van der Waals surface area contributed by atoms with Crippen molar-refractivity contribution < 1.29 is 14.3 Å². The summed E-state index contributed by atoms with van der Waals surface area (Å²) in [5, 5.41) is 9.86. The molecular formula is C15H18FNO2. The Morgan fingerprint density at radius 2 is 2.00 bits per heavy atom. The van der Waals surface area contributed by atoms with Gasteiger partial charge in [-0.3, -0.25) is 4.79 Å². The number of halogens is 1. The van der Waals surface area contributed by atoms with Gasteiger partial charge < -0.3 is 9.67 Å². The number of aromatic nitrogens is 1. The van der Waals surface area contributed by atoms with Crippen molar-refractivity contribution in [2.45, 2.75) is 39.2 Å². The van der Waals surface area contributed by atoms with Crippen LogP contribution in [0.5, 0.6) is 0 Å². The minimum absolute atomic E-state index is 0.0629. The van der Waals surface area contributed by atoms with Crippen LogP contribution in [0.3, 0.4) is 0 Å². The second-order valence-corrected chi connectivity index (χ2v) is 5.60. The lowest BCUT2D eigenvalue weighted by Crippen LogP contribution is -2.31. The molecule has 0 spiro atoms. The maximum absolute atomic E-state index is 13.9. The highest BCUT2D eigenvalue weighted by molar-refractivity contribution is 5.87. The zero-order valence-electron chi connectivity index (χ0n) is 11.6. The Bertz CT molecular complexity index is 641. The third kappa shape index (κ3) is 2.01. The Kier molecular flexibility index (Phi) is 3.12. The van der Waals surface area contributed by atoms with Crippen LogP contribution in [0, 0.1) is 5.82 Å². The van der Waals surface area contributed by atoms with E-state index in [0.29, 0.717) is 11.1 Å². The summed E-state index contributed by atoms with van der Waals surface area (Å²) in [6.45, 7) is 7.21. The van der Waals surface area contributed by atoms with Crippen LogP contribution in [0.25, 0.3) is 10.9 Å². The highest BCUT2D eigenvalue weighted by Crippen LogP contribution is 2.33. The number of fused-ring (bicyclic) bond motifs is 1. The molecule has 3 nitrogen and oxygen atoms in total. The average Bonchev–Trinajstić information content (AvgIpc) is 2.70. The van der Waals surface area contributed by atoms with Crippen LogP contribution in [-0.2, 0) is 10.2 Å². The van der Waals surface area contributed by atoms with Crippen LogP contribution in [-0.4, -0.2) is 15.6 Å². The molecule has 2 aromatic rings. The molecule has 0 fully saturated rings. The number of hydrogen-bond donors (Lipinski definition) is 1. The summed E-state index contributed by atoms with van der Waals surface area (Å²) in [6.07, 6.45) is 0. The van der Waals surface area contributed by atoms with Crippen molar-refractivity contribution in [1.82, 2.24) is 4.57 Å². The molecule has 0 bridgehead atoms. The average molecular weight is 263 g/mol.